The molecule has 0 radical (unpaired) electrons. The molecular weight excluding hydrogens is 194 g/mol. The molecule has 0 aromatic rings. The van der Waals surface area contributed by atoms with Gasteiger partial charge in [-0.15, -0.1) is 12.3 Å². The van der Waals surface area contributed by atoms with Gasteiger partial charge in [-0.05, 0) is 13.8 Å². The van der Waals surface area contributed by atoms with Gasteiger partial charge in [0, 0.05) is 25.4 Å². The molecule has 0 atom stereocenters. The van der Waals surface area contributed by atoms with Gasteiger partial charge in [-0.25, -0.2) is 0 Å². The Bertz CT molecular complexity index is 265. The van der Waals surface area contributed by atoms with E-state index in [1.165, 1.54) is 0 Å². The Hall–Kier alpha value is -1.50. The number of terminal acetylenes is 1. The number of carbonyl (C=O) groups is 2. The van der Waals surface area contributed by atoms with E-state index in [-0.39, 0.29) is 31.3 Å². The van der Waals surface area contributed by atoms with Gasteiger partial charge < -0.3 is 10.0 Å². The number of carboxylic acids is 1. The Kier molecular flexibility index (Phi) is 6.19. The third-order valence-corrected chi connectivity index (χ3v) is 1.99. The van der Waals surface area contributed by atoms with Gasteiger partial charge in [0.2, 0.25) is 5.91 Å². The molecule has 0 unspecified atom stereocenters. The number of carboxylic acid groups (broad SMARTS) is 1. The molecule has 0 aromatic carbocycles. The number of amides is 1. The summed E-state index contributed by atoms with van der Waals surface area (Å²) in [6.45, 7) is 3.96. The molecule has 1 N–H and O–H groups in total. The minimum absolute atomic E-state index is 0.00891. The van der Waals surface area contributed by atoms with Crippen LogP contribution < -0.4 is 0 Å². The standard InChI is InChI=1S/C11H17NO3/c1-4-5-6-10(13)12(9(2)3)8-7-11(14)15/h1,9H,5-8H2,2-3H3,(H,14,15). The molecule has 0 heterocycles. The molecule has 15 heavy (non-hydrogen) atoms. The molecule has 1 amide bonds. The maximum Gasteiger partial charge on any atom is 0.305 e. The molecule has 84 valence electrons. The highest BCUT2D eigenvalue weighted by Gasteiger charge is 2.16. The Balaban J connectivity index is 4.20. The summed E-state index contributed by atoms with van der Waals surface area (Å²) >= 11 is 0. The highest BCUT2D eigenvalue weighted by Crippen LogP contribution is 2.04. The second-order valence-corrected chi connectivity index (χ2v) is 3.53. The van der Waals surface area contributed by atoms with Gasteiger partial charge in [-0.2, -0.15) is 0 Å². The van der Waals surface area contributed by atoms with Crippen LogP contribution in [0.5, 0.6) is 0 Å². The van der Waals surface area contributed by atoms with Crippen LogP contribution in [0.1, 0.15) is 33.1 Å². The summed E-state index contributed by atoms with van der Waals surface area (Å²) in [7, 11) is 0. The second kappa shape index (κ2) is 6.88. The largest absolute Gasteiger partial charge is 0.481 e. The van der Waals surface area contributed by atoms with Crippen molar-refractivity contribution in [2.24, 2.45) is 0 Å². The van der Waals surface area contributed by atoms with Crippen molar-refractivity contribution in [3.8, 4) is 12.3 Å². The maximum absolute atomic E-state index is 11.6. The molecule has 4 heteroatoms. The number of hydrogen-bond donors (Lipinski definition) is 1. The zero-order valence-corrected chi connectivity index (χ0v) is 9.19. The molecule has 0 spiro atoms. The van der Waals surface area contributed by atoms with Crippen molar-refractivity contribution in [3.05, 3.63) is 0 Å². The third kappa shape index (κ3) is 5.74. The first-order chi connectivity index (χ1) is 6.99. The molecular formula is C11H17NO3. The van der Waals surface area contributed by atoms with Gasteiger partial charge in [-0.3, -0.25) is 9.59 Å². The van der Waals surface area contributed by atoms with E-state index in [2.05, 4.69) is 5.92 Å². The smallest absolute Gasteiger partial charge is 0.305 e. The summed E-state index contributed by atoms with van der Waals surface area (Å²) in [6.07, 6.45) is 5.72. The minimum Gasteiger partial charge on any atom is -0.481 e. The van der Waals surface area contributed by atoms with Crippen molar-refractivity contribution < 1.29 is 14.7 Å². The average molecular weight is 211 g/mol. The van der Waals surface area contributed by atoms with E-state index < -0.39 is 5.97 Å². The number of carbonyl (C=O) groups excluding carboxylic acids is 1. The van der Waals surface area contributed by atoms with Crippen molar-refractivity contribution in [3.63, 3.8) is 0 Å². The topological polar surface area (TPSA) is 57.6 Å². The summed E-state index contributed by atoms with van der Waals surface area (Å²) < 4.78 is 0. The second-order valence-electron chi connectivity index (χ2n) is 3.53. The van der Waals surface area contributed by atoms with Crippen molar-refractivity contribution in [2.75, 3.05) is 6.54 Å². The van der Waals surface area contributed by atoms with Gasteiger partial charge in [0.1, 0.15) is 0 Å². The van der Waals surface area contributed by atoms with Crippen LogP contribution in [0, 0.1) is 12.3 Å². The van der Waals surface area contributed by atoms with Gasteiger partial charge in [0.15, 0.2) is 0 Å². The van der Waals surface area contributed by atoms with E-state index in [4.69, 9.17) is 11.5 Å². The summed E-state index contributed by atoms with van der Waals surface area (Å²) in [5.74, 6) is 1.42. The fourth-order valence-electron chi connectivity index (χ4n) is 1.21. The molecule has 0 fully saturated rings. The van der Waals surface area contributed by atoms with E-state index in [9.17, 15) is 9.59 Å². The normalized spacial score (nSPS) is 9.73. The van der Waals surface area contributed by atoms with E-state index in [0.717, 1.165) is 0 Å². The first kappa shape index (κ1) is 13.5. The lowest BCUT2D eigenvalue weighted by atomic mass is 10.2. The van der Waals surface area contributed by atoms with Gasteiger partial charge >= 0.3 is 5.97 Å². The number of hydrogen-bond acceptors (Lipinski definition) is 2. The Morgan fingerprint density at radius 1 is 1.40 bits per heavy atom. The maximum atomic E-state index is 11.6. The van der Waals surface area contributed by atoms with Crippen LogP contribution in [0.15, 0.2) is 0 Å². The quantitative estimate of drug-likeness (QED) is 0.669. The van der Waals surface area contributed by atoms with Gasteiger partial charge in [0.25, 0.3) is 0 Å². The summed E-state index contributed by atoms with van der Waals surface area (Å²) in [6, 6.07) is 0.00891. The predicted molar refractivity (Wildman–Crippen MR) is 57.2 cm³/mol. The molecule has 0 aromatic heterocycles. The van der Waals surface area contributed by atoms with E-state index >= 15 is 0 Å². The number of nitrogens with zero attached hydrogens (tertiary/aromatic N) is 1. The van der Waals surface area contributed by atoms with Crippen LogP contribution in [0.3, 0.4) is 0 Å². The molecule has 0 aliphatic heterocycles. The summed E-state index contributed by atoms with van der Waals surface area (Å²) in [5.41, 5.74) is 0. The van der Waals surface area contributed by atoms with E-state index in [0.29, 0.717) is 6.42 Å². The molecule has 0 rings (SSSR count). The zero-order chi connectivity index (χ0) is 11.8. The van der Waals surface area contributed by atoms with Crippen molar-refractivity contribution >= 4 is 11.9 Å². The Morgan fingerprint density at radius 3 is 2.40 bits per heavy atom. The average Bonchev–Trinajstić information content (AvgIpc) is 2.13. The van der Waals surface area contributed by atoms with Crippen molar-refractivity contribution in [2.45, 2.75) is 39.2 Å². The fourth-order valence-corrected chi connectivity index (χ4v) is 1.21. The number of rotatable bonds is 6. The van der Waals surface area contributed by atoms with Gasteiger partial charge in [-0.1, -0.05) is 0 Å². The van der Waals surface area contributed by atoms with Crippen LogP contribution >= 0.6 is 0 Å². The fraction of sp³-hybridized carbons (Fsp3) is 0.636. The van der Waals surface area contributed by atoms with Crippen molar-refractivity contribution in [1.29, 1.82) is 0 Å². The van der Waals surface area contributed by atoms with Crippen LogP contribution in [0.2, 0.25) is 0 Å². The summed E-state index contributed by atoms with van der Waals surface area (Å²) in [5, 5.41) is 8.53. The summed E-state index contributed by atoms with van der Waals surface area (Å²) in [4.78, 5) is 23.5. The van der Waals surface area contributed by atoms with E-state index in [1.54, 1.807) is 4.90 Å². The SMILES string of the molecule is C#CCCC(=O)N(CCC(=O)O)C(C)C. The number of aliphatic carboxylic acids is 1. The van der Waals surface area contributed by atoms with E-state index in [1.807, 2.05) is 13.8 Å². The van der Waals surface area contributed by atoms with Crippen LogP contribution in [-0.2, 0) is 9.59 Å². The molecule has 0 aliphatic carbocycles. The first-order valence-electron chi connectivity index (χ1n) is 4.93. The molecule has 0 saturated heterocycles. The molecule has 0 bridgehead atoms. The zero-order valence-electron chi connectivity index (χ0n) is 9.19. The van der Waals surface area contributed by atoms with Crippen molar-refractivity contribution in [1.82, 2.24) is 4.90 Å². The van der Waals surface area contributed by atoms with Crippen LogP contribution in [0.4, 0.5) is 0 Å². The third-order valence-electron chi connectivity index (χ3n) is 1.99. The van der Waals surface area contributed by atoms with Gasteiger partial charge in [0.05, 0.1) is 6.42 Å². The highest BCUT2D eigenvalue weighted by atomic mass is 16.4. The lowest BCUT2D eigenvalue weighted by molar-refractivity contribution is -0.139. The monoisotopic (exact) mass is 211 g/mol. The predicted octanol–water partition coefficient (Wildman–Crippen LogP) is 1.11. The lowest BCUT2D eigenvalue weighted by Crippen LogP contribution is -2.38. The van der Waals surface area contributed by atoms with Crippen LogP contribution in [-0.4, -0.2) is 34.5 Å². The molecule has 0 saturated carbocycles. The first-order valence-corrected chi connectivity index (χ1v) is 4.93. The molecule has 0 aliphatic rings. The Morgan fingerprint density at radius 2 is 2.00 bits per heavy atom. The highest BCUT2D eigenvalue weighted by molar-refractivity contribution is 5.77. The van der Waals surface area contributed by atoms with Crippen LogP contribution in [0.25, 0.3) is 0 Å². The molecule has 4 nitrogen and oxygen atoms in total. The Labute approximate surface area is 90.3 Å². The lowest BCUT2D eigenvalue weighted by Gasteiger charge is -2.25. The minimum atomic E-state index is -0.898.